The van der Waals surface area contributed by atoms with Crippen molar-refractivity contribution in [1.82, 2.24) is 10.2 Å². The Morgan fingerprint density at radius 2 is 1.73 bits per heavy atom. The van der Waals surface area contributed by atoms with E-state index in [0.717, 1.165) is 40.2 Å². The number of nitrogens with one attached hydrogen (secondary N) is 1. The van der Waals surface area contributed by atoms with Gasteiger partial charge in [0, 0.05) is 17.6 Å². The van der Waals surface area contributed by atoms with Gasteiger partial charge in [0.25, 0.3) is 0 Å². The highest BCUT2D eigenvalue weighted by Gasteiger charge is 2.20. The first-order valence-electron chi connectivity index (χ1n) is 10.1. The summed E-state index contributed by atoms with van der Waals surface area (Å²) in [7, 11) is -3.58. The molecule has 1 N–H and O–H groups in total. The first-order valence-corrected chi connectivity index (χ1v) is 12.8. The number of benzene rings is 2. The summed E-state index contributed by atoms with van der Waals surface area (Å²) >= 11 is 3.33. The minimum absolute atomic E-state index is 0.256. The molecular formula is C22H28BrN3O3S. The van der Waals surface area contributed by atoms with Gasteiger partial charge in [0.1, 0.15) is 6.54 Å². The first-order chi connectivity index (χ1) is 14.3. The Morgan fingerprint density at radius 1 is 1.07 bits per heavy atom. The van der Waals surface area contributed by atoms with Crippen molar-refractivity contribution in [2.24, 2.45) is 0 Å². The molecule has 0 atom stereocenters. The lowest BCUT2D eigenvalue weighted by Crippen LogP contribution is -2.40. The summed E-state index contributed by atoms with van der Waals surface area (Å²) in [6.07, 6.45) is 4.93. The molecule has 2 aromatic carbocycles. The first kappa shape index (κ1) is 22.8. The summed E-state index contributed by atoms with van der Waals surface area (Å²) in [6, 6.07) is 15.0. The molecule has 8 heteroatoms. The fourth-order valence-corrected chi connectivity index (χ4v) is 4.73. The van der Waals surface area contributed by atoms with Crippen LogP contribution in [0.15, 0.2) is 53.0 Å². The number of piperidine rings is 1. The van der Waals surface area contributed by atoms with Gasteiger partial charge in [-0.05, 0) is 61.3 Å². The average Bonchev–Trinajstić information content (AvgIpc) is 2.72. The SMILES string of the molecule is CS(=O)(=O)N(CC(=O)NCc1cccc(CN2CCCCC2)c1)c1ccc(Br)cc1. The molecule has 1 aliphatic heterocycles. The maximum Gasteiger partial charge on any atom is 0.241 e. The van der Waals surface area contributed by atoms with E-state index in [1.54, 1.807) is 24.3 Å². The van der Waals surface area contributed by atoms with Crippen LogP contribution in [0.2, 0.25) is 0 Å². The van der Waals surface area contributed by atoms with Crippen molar-refractivity contribution in [3.05, 3.63) is 64.1 Å². The van der Waals surface area contributed by atoms with Crippen LogP contribution < -0.4 is 9.62 Å². The van der Waals surface area contributed by atoms with E-state index in [2.05, 4.69) is 38.3 Å². The number of carbonyl (C=O) groups excluding carboxylic acids is 1. The molecule has 1 heterocycles. The van der Waals surface area contributed by atoms with Gasteiger partial charge in [-0.25, -0.2) is 8.42 Å². The lowest BCUT2D eigenvalue weighted by atomic mass is 10.1. The Morgan fingerprint density at radius 3 is 2.40 bits per heavy atom. The molecule has 3 rings (SSSR count). The molecule has 2 aromatic rings. The number of amides is 1. The van der Waals surface area contributed by atoms with Crippen molar-refractivity contribution in [2.45, 2.75) is 32.4 Å². The molecule has 6 nitrogen and oxygen atoms in total. The van der Waals surface area contributed by atoms with E-state index < -0.39 is 10.0 Å². The van der Waals surface area contributed by atoms with Gasteiger partial charge in [0.05, 0.1) is 11.9 Å². The van der Waals surface area contributed by atoms with Crippen LogP contribution in [-0.2, 0) is 27.9 Å². The quantitative estimate of drug-likeness (QED) is 0.610. The van der Waals surface area contributed by atoms with Crippen LogP contribution in [0.1, 0.15) is 30.4 Å². The maximum absolute atomic E-state index is 12.5. The highest BCUT2D eigenvalue weighted by molar-refractivity contribution is 9.10. The van der Waals surface area contributed by atoms with Gasteiger partial charge in [-0.1, -0.05) is 46.6 Å². The predicted molar refractivity (Wildman–Crippen MR) is 124 cm³/mol. The number of nitrogens with zero attached hydrogens (tertiary/aromatic N) is 2. The van der Waals surface area contributed by atoms with Gasteiger partial charge in [0.15, 0.2) is 0 Å². The molecule has 1 saturated heterocycles. The zero-order valence-electron chi connectivity index (χ0n) is 17.2. The average molecular weight is 494 g/mol. The summed E-state index contributed by atoms with van der Waals surface area (Å²) in [4.78, 5) is 14.9. The minimum atomic E-state index is -3.58. The van der Waals surface area contributed by atoms with Crippen molar-refractivity contribution >= 4 is 37.5 Å². The Bertz CT molecular complexity index is 958. The van der Waals surface area contributed by atoms with E-state index in [-0.39, 0.29) is 12.5 Å². The molecular weight excluding hydrogens is 466 g/mol. The normalized spacial score (nSPS) is 15.0. The fourth-order valence-electron chi connectivity index (χ4n) is 3.61. The predicted octanol–water partition coefficient (Wildman–Crippen LogP) is 3.52. The zero-order valence-corrected chi connectivity index (χ0v) is 19.6. The summed E-state index contributed by atoms with van der Waals surface area (Å²) in [5.41, 5.74) is 2.70. The van der Waals surface area contributed by atoms with E-state index in [4.69, 9.17) is 0 Å². The minimum Gasteiger partial charge on any atom is -0.350 e. The van der Waals surface area contributed by atoms with E-state index >= 15 is 0 Å². The van der Waals surface area contributed by atoms with Crippen molar-refractivity contribution in [3.8, 4) is 0 Å². The van der Waals surface area contributed by atoms with E-state index in [9.17, 15) is 13.2 Å². The van der Waals surface area contributed by atoms with Crippen LogP contribution in [0.25, 0.3) is 0 Å². The van der Waals surface area contributed by atoms with Crippen LogP contribution >= 0.6 is 15.9 Å². The van der Waals surface area contributed by atoms with E-state index in [0.29, 0.717) is 12.2 Å². The van der Waals surface area contributed by atoms with Gasteiger partial charge >= 0.3 is 0 Å². The molecule has 1 aliphatic rings. The van der Waals surface area contributed by atoms with Gasteiger partial charge in [-0.3, -0.25) is 14.0 Å². The van der Waals surface area contributed by atoms with Crippen LogP contribution in [0.5, 0.6) is 0 Å². The number of rotatable bonds is 8. The highest BCUT2D eigenvalue weighted by Crippen LogP contribution is 2.20. The largest absolute Gasteiger partial charge is 0.350 e. The zero-order chi connectivity index (χ0) is 21.6. The summed E-state index contributed by atoms with van der Waals surface area (Å²) < 4.78 is 26.3. The Kier molecular flexibility index (Phi) is 7.91. The molecule has 0 aromatic heterocycles. The smallest absolute Gasteiger partial charge is 0.241 e. The highest BCUT2D eigenvalue weighted by atomic mass is 79.9. The third-order valence-electron chi connectivity index (χ3n) is 5.14. The van der Waals surface area contributed by atoms with Crippen LogP contribution in [0.3, 0.4) is 0 Å². The molecule has 162 valence electrons. The molecule has 0 aliphatic carbocycles. The topological polar surface area (TPSA) is 69.7 Å². The molecule has 1 amide bonds. The van der Waals surface area contributed by atoms with Crippen molar-refractivity contribution < 1.29 is 13.2 Å². The standard InChI is InChI=1S/C22H28BrN3O3S/c1-30(28,29)26(21-10-8-20(23)9-11-21)17-22(27)24-15-18-6-5-7-19(14-18)16-25-12-3-2-4-13-25/h5-11,14H,2-4,12-13,15-17H2,1H3,(H,24,27). The third-order valence-corrected chi connectivity index (χ3v) is 6.81. The molecule has 0 radical (unpaired) electrons. The number of anilines is 1. The molecule has 0 bridgehead atoms. The number of sulfonamides is 1. The molecule has 0 unspecified atom stereocenters. The van der Waals surface area contributed by atoms with Crippen molar-refractivity contribution in [1.29, 1.82) is 0 Å². The van der Waals surface area contributed by atoms with E-state index in [1.807, 2.05) is 12.1 Å². The lowest BCUT2D eigenvalue weighted by Gasteiger charge is -2.26. The number of hydrogen-bond acceptors (Lipinski definition) is 4. The number of halogens is 1. The Labute approximate surface area is 187 Å². The van der Waals surface area contributed by atoms with Crippen molar-refractivity contribution in [2.75, 3.05) is 30.2 Å². The molecule has 0 saturated carbocycles. The number of carbonyl (C=O) groups is 1. The number of likely N-dealkylation sites (tertiary alicyclic amines) is 1. The van der Waals surface area contributed by atoms with Crippen molar-refractivity contribution in [3.63, 3.8) is 0 Å². The second-order valence-electron chi connectivity index (χ2n) is 7.68. The lowest BCUT2D eigenvalue weighted by molar-refractivity contribution is -0.119. The fraction of sp³-hybridized carbons (Fsp3) is 0.409. The second-order valence-corrected chi connectivity index (χ2v) is 10.5. The molecule has 30 heavy (non-hydrogen) atoms. The summed E-state index contributed by atoms with van der Waals surface area (Å²) in [5, 5.41) is 2.85. The van der Waals surface area contributed by atoms with Crippen LogP contribution in [-0.4, -0.2) is 45.1 Å². The Balaban J connectivity index is 1.58. The van der Waals surface area contributed by atoms with Gasteiger partial charge in [-0.15, -0.1) is 0 Å². The monoisotopic (exact) mass is 493 g/mol. The second kappa shape index (κ2) is 10.4. The number of hydrogen-bond donors (Lipinski definition) is 1. The van der Waals surface area contributed by atoms with E-state index in [1.165, 1.54) is 24.8 Å². The van der Waals surface area contributed by atoms with Crippen LogP contribution in [0, 0.1) is 0 Å². The molecule has 1 fully saturated rings. The molecule has 0 spiro atoms. The van der Waals surface area contributed by atoms with Gasteiger partial charge in [0.2, 0.25) is 15.9 Å². The summed E-state index contributed by atoms with van der Waals surface area (Å²) in [6.45, 7) is 3.31. The summed E-state index contributed by atoms with van der Waals surface area (Å²) in [5.74, 6) is -0.343. The van der Waals surface area contributed by atoms with Gasteiger partial charge in [-0.2, -0.15) is 0 Å². The Hall–Kier alpha value is -1.90. The maximum atomic E-state index is 12.5. The third kappa shape index (κ3) is 6.82. The van der Waals surface area contributed by atoms with Crippen LogP contribution in [0.4, 0.5) is 5.69 Å². The van der Waals surface area contributed by atoms with Gasteiger partial charge < -0.3 is 5.32 Å².